The van der Waals surface area contributed by atoms with Crippen LogP contribution in [0.2, 0.25) is 5.02 Å². The summed E-state index contributed by atoms with van der Waals surface area (Å²) in [5.74, 6) is 0.269. The molecule has 0 unspecified atom stereocenters. The molecule has 0 aliphatic heterocycles. The molecule has 0 spiro atoms. The molecular weight excluding hydrogens is 541 g/mol. The summed E-state index contributed by atoms with van der Waals surface area (Å²) in [6.07, 6.45) is -1.02. The molecule has 0 saturated carbocycles. The largest absolute Gasteiger partial charge is 0.481 e. The summed E-state index contributed by atoms with van der Waals surface area (Å²) >= 11 is 6.94. The maximum atomic E-state index is 13.1. The molecule has 40 heavy (non-hydrogen) atoms. The number of alkyl halides is 3. The SMILES string of the molecule is COc1nc2ccc([C@@](O)(c3ccc(C)nc3C)c3cncn3C)cc2c(Cl)c1Cc1ccc(C(F)(F)F)cc1. The fourth-order valence-electron chi connectivity index (χ4n) is 5.02. The number of aromatic nitrogens is 4. The van der Waals surface area contributed by atoms with Crippen molar-refractivity contribution >= 4 is 22.5 Å². The zero-order valence-electron chi connectivity index (χ0n) is 22.2. The molecule has 5 rings (SSSR count). The molecule has 0 aliphatic rings. The van der Waals surface area contributed by atoms with Gasteiger partial charge in [0, 0.05) is 41.4 Å². The number of hydrogen-bond donors (Lipinski definition) is 1. The molecule has 10 heteroatoms. The number of halogens is 4. The van der Waals surface area contributed by atoms with Crippen LogP contribution in [0.1, 0.15) is 44.9 Å². The number of benzene rings is 2. The fraction of sp³-hybridized carbons (Fsp3) is 0.233. The van der Waals surface area contributed by atoms with Crippen molar-refractivity contribution < 1.29 is 23.0 Å². The minimum atomic E-state index is -4.43. The average molecular weight is 567 g/mol. The number of rotatable bonds is 6. The highest BCUT2D eigenvalue weighted by Gasteiger charge is 2.38. The molecule has 206 valence electrons. The van der Waals surface area contributed by atoms with E-state index >= 15 is 0 Å². The summed E-state index contributed by atoms with van der Waals surface area (Å²) in [6, 6.07) is 13.9. The molecule has 5 aromatic rings. The summed E-state index contributed by atoms with van der Waals surface area (Å²) in [5.41, 5.74) is 2.42. The minimum absolute atomic E-state index is 0.195. The number of ether oxygens (including phenoxy) is 1. The van der Waals surface area contributed by atoms with E-state index in [1.54, 1.807) is 42.3 Å². The van der Waals surface area contributed by atoms with Gasteiger partial charge in [0.15, 0.2) is 5.60 Å². The van der Waals surface area contributed by atoms with Gasteiger partial charge in [0.1, 0.15) is 0 Å². The van der Waals surface area contributed by atoms with Crippen LogP contribution in [0, 0.1) is 13.8 Å². The molecule has 3 aromatic heterocycles. The molecule has 0 fully saturated rings. The Morgan fingerprint density at radius 1 is 0.975 bits per heavy atom. The van der Waals surface area contributed by atoms with E-state index in [0.29, 0.717) is 49.6 Å². The molecule has 3 heterocycles. The molecule has 6 nitrogen and oxygen atoms in total. The molecule has 0 saturated heterocycles. The number of aliphatic hydroxyl groups is 1. The van der Waals surface area contributed by atoms with Crippen LogP contribution in [0.15, 0.2) is 67.1 Å². The summed E-state index contributed by atoms with van der Waals surface area (Å²) in [6.45, 7) is 3.72. The fourth-order valence-corrected chi connectivity index (χ4v) is 5.32. The maximum Gasteiger partial charge on any atom is 0.416 e. The smallest absolute Gasteiger partial charge is 0.416 e. The number of methoxy groups -OCH3 is 1. The minimum Gasteiger partial charge on any atom is -0.481 e. The van der Waals surface area contributed by atoms with Gasteiger partial charge in [0.2, 0.25) is 5.88 Å². The normalized spacial score (nSPS) is 13.4. The molecule has 0 aliphatic carbocycles. The van der Waals surface area contributed by atoms with Crippen LogP contribution >= 0.6 is 11.6 Å². The van der Waals surface area contributed by atoms with Crippen LogP contribution in [0.3, 0.4) is 0 Å². The van der Waals surface area contributed by atoms with Gasteiger partial charge in [-0.15, -0.1) is 0 Å². The number of nitrogens with zero attached hydrogens (tertiary/aromatic N) is 4. The van der Waals surface area contributed by atoms with Crippen molar-refractivity contribution in [1.82, 2.24) is 19.5 Å². The third-order valence-corrected chi connectivity index (χ3v) is 7.49. The van der Waals surface area contributed by atoms with E-state index in [4.69, 9.17) is 16.3 Å². The second-order valence-corrected chi connectivity index (χ2v) is 10.1. The maximum absolute atomic E-state index is 13.1. The zero-order chi connectivity index (χ0) is 28.8. The van der Waals surface area contributed by atoms with Gasteiger partial charge in [-0.3, -0.25) is 4.98 Å². The molecule has 1 atom stereocenters. The molecular formula is C30H26ClF3N4O2. The number of pyridine rings is 2. The van der Waals surface area contributed by atoms with Crippen molar-refractivity contribution in [3.05, 3.63) is 117 Å². The van der Waals surface area contributed by atoms with Crippen molar-refractivity contribution in [2.75, 3.05) is 7.11 Å². The van der Waals surface area contributed by atoms with E-state index < -0.39 is 17.3 Å². The molecule has 0 bridgehead atoms. The highest BCUT2D eigenvalue weighted by Crippen LogP contribution is 2.41. The average Bonchev–Trinajstić information content (AvgIpc) is 3.35. The van der Waals surface area contributed by atoms with Crippen molar-refractivity contribution in [1.29, 1.82) is 0 Å². The summed E-state index contributed by atoms with van der Waals surface area (Å²) in [7, 11) is 3.26. The lowest BCUT2D eigenvalue weighted by Crippen LogP contribution is -2.32. The van der Waals surface area contributed by atoms with Gasteiger partial charge in [0.05, 0.1) is 41.4 Å². The lowest BCUT2D eigenvalue weighted by molar-refractivity contribution is -0.137. The van der Waals surface area contributed by atoms with Crippen LogP contribution in [0.5, 0.6) is 5.88 Å². The van der Waals surface area contributed by atoms with Crippen LogP contribution in [-0.2, 0) is 25.2 Å². The highest BCUT2D eigenvalue weighted by molar-refractivity contribution is 6.36. The lowest BCUT2D eigenvalue weighted by atomic mass is 9.82. The first-order valence-corrected chi connectivity index (χ1v) is 12.8. The Labute approximate surface area is 234 Å². The molecule has 0 radical (unpaired) electrons. The van der Waals surface area contributed by atoms with Gasteiger partial charge in [-0.1, -0.05) is 35.9 Å². The van der Waals surface area contributed by atoms with Gasteiger partial charge < -0.3 is 14.4 Å². The van der Waals surface area contributed by atoms with Crippen LogP contribution in [0.25, 0.3) is 10.9 Å². The second-order valence-electron chi connectivity index (χ2n) is 9.70. The Bertz CT molecular complexity index is 1720. The van der Waals surface area contributed by atoms with Crippen LogP contribution in [-0.4, -0.2) is 31.7 Å². The molecule has 0 amide bonds. The quantitative estimate of drug-likeness (QED) is 0.253. The first-order valence-electron chi connectivity index (χ1n) is 12.4. The van der Waals surface area contributed by atoms with Crippen LogP contribution in [0.4, 0.5) is 13.2 Å². The summed E-state index contributed by atoms with van der Waals surface area (Å²) < 4.78 is 46.4. The Morgan fingerprint density at radius 2 is 1.68 bits per heavy atom. The van der Waals surface area contributed by atoms with Crippen molar-refractivity contribution in [3.63, 3.8) is 0 Å². The number of fused-ring (bicyclic) bond motifs is 1. The van der Waals surface area contributed by atoms with E-state index in [0.717, 1.165) is 17.8 Å². The van der Waals surface area contributed by atoms with Crippen molar-refractivity contribution in [2.24, 2.45) is 7.05 Å². The number of aryl methyl sites for hydroxylation is 3. The first kappa shape index (κ1) is 27.6. The standard InChI is InChI=1S/C30H26ClF3N4O2/c1-17-5-11-24(18(2)36-17)29(39,26-15-35-16-38(26)3)21-10-12-25-22(14-21)27(31)23(28(37-25)40-4)13-19-6-8-20(9-7-19)30(32,33)34/h5-12,14-16,39H,13H2,1-4H3/t29-/m1/s1. The highest BCUT2D eigenvalue weighted by atomic mass is 35.5. The second kappa shape index (κ2) is 10.2. The Morgan fingerprint density at radius 3 is 2.27 bits per heavy atom. The van der Waals surface area contributed by atoms with Gasteiger partial charge in [-0.05, 0) is 55.3 Å². The van der Waals surface area contributed by atoms with Gasteiger partial charge >= 0.3 is 6.18 Å². The third-order valence-electron chi connectivity index (χ3n) is 7.05. The first-order chi connectivity index (χ1) is 18.9. The van der Waals surface area contributed by atoms with E-state index in [2.05, 4.69) is 15.0 Å². The number of imidazole rings is 1. The zero-order valence-corrected chi connectivity index (χ0v) is 23.0. The van der Waals surface area contributed by atoms with Gasteiger partial charge in [0.25, 0.3) is 0 Å². The van der Waals surface area contributed by atoms with Crippen molar-refractivity contribution in [2.45, 2.75) is 32.0 Å². The van der Waals surface area contributed by atoms with Gasteiger partial charge in [-0.2, -0.15) is 13.2 Å². The summed E-state index contributed by atoms with van der Waals surface area (Å²) in [5, 5.41) is 13.3. The Kier molecular flexibility index (Phi) is 7.06. The lowest BCUT2D eigenvalue weighted by Gasteiger charge is -2.31. The van der Waals surface area contributed by atoms with E-state index in [-0.39, 0.29) is 12.3 Å². The van der Waals surface area contributed by atoms with E-state index in [9.17, 15) is 18.3 Å². The van der Waals surface area contributed by atoms with Gasteiger partial charge in [-0.25, -0.2) is 9.97 Å². The Hall–Kier alpha value is -3.95. The predicted molar refractivity (Wildman–Crippen MR) is 147 cm³/mol. The Balaban J connectivity index is 1.68. The topological polar surface area (TPSA) is 73.1 Å². The monoisotopic (exact) mass is 566 g/mol. The third kappa shape index (κ3) is 4.80. The van der Waals surface area contributed by atoms with E-state index in [1.165, 1.54) is 19.2 Å². The summed E-state index contributed by atoms with van der Waals surface area (Å²) in [4.78, 5) is 13.4. The molecule has 1 N–H and O–H groups in total. The number of hydrogen-bond acceptors (Lipinski definition) is 5. The van der Waals surface area contributed by atoms with E-state index in [1.807, 2.05) is 26.0 Å². The van der Waals surface area contributed by atoms with Crippen molar-refractivity contribution in [3.8, 4) is 5.88 Å². The predicted octanol–water partition coefficient (Wildman–Crippen LogP) is 6.54. The molecule has 2 aromatic carbocycles. The van der Waals surface area contributed by atoms with Crippen LogP contribution < -0.4 is 4.74 Å².